The number of rotatable bonds is 5. The molecule has 0 bridgehead atoms. The van der Waals surface area contributed by atoms with Crippen LogP contribution in [-0.2, 0) is 16.2 Å². The summed E-state index contributed by atoms with van der Waals surface area (Å²) in [5.74, 6) is 0. The van der Waals surface area contributed by atoms with E-state index in [1.165, 1.54) is 81.5 Å². The summed E-state index contributed by atoms with van der Waals surface area (Å²) in [6.07, 6.45) is 0. The van der Waals surface area contributed by atoms with Gasteiger partial charge in [0.25, 0.3) is 0 Å². The first-order valence-electron chi connectivity index (χ1n) is 19.6. The Morgan fingerprint density at radius 3 is 1.56 bits per heavy atom. The van der Waals surface area contributed by atoms with E-state index in [1.807, 2.05) is 11.3 Å². The van der Waals surface area contributed by atoms with E-state index in [0.717, 1.165) is 11.4 Å². The van der Waals surface area contributed by atoms with Crippen LogP contribution >= 0.6 is 11.3 Å². The van der Waals surface area contributed by atoms with Crippen LogP contribution in [0.15, 0.2) is 152 Å². The van der Waals surface area contributed by atoms with Crippen molar-refractivity contribution in [3.8, 4) is 33.4 Å². The highest BCUT2D eigenvalue weighted by molar-refractivity contribution is 7.26. The van der Waals surface area contributed by atoms with Gasteiger partial charge in [0.15, 0.2) is 0 Å². The Morgan fingerprint density at radius 1 is 0.491 bits per heavy atom. The third kappa shape index (κ3) is 5.90. The summed E-state index contributed by atoms with van der Waals surface area (Å²) < 4.78 is 2.84. The van der Waals surface area contributed by atoms with E-state index >= 15 is 0 Å². The molecule has 8 aromatic rings. The smallest absolute Gasteiger partial charge is 0.0543 e. The predicted octanol–water partition coefficient (Wildman–Crippen LogP) is 15.8. The molecule has 1 aliphatic carbocycles. The average molecular weight is 732 g/mol. The normalized spacial score (nSPS) is 13.6. The van der Waals surface area contributed by atoms with Gasteiger partial charge in [-0.3, -0.25) is 0 Å². The lowest BCUT2D eigenvalue weighted by atomic mass is 9.79. The molecule has 1 heterocycles. The van der Waals surface area contributed by atoms with E-state index in [0.29, 0.717) is 0 Å². The van der Waals surface area contributed by atoms with Gasteiger partial charge in [-0.2, -0.15) is 0 Å². The highest BCUT2D eigenvalue weighted by Crippen LogP contribution is 2.58. The molecule has 0 saturated carbocycles. The van der Waals surface area contributed by atoms with Crippen LogP contribution in [0.4, 0.5) is 17.1 Å². The molecule has 0 radical (unpaired) electrons. The molecule has 0 unspecified atom stereocenters. The maximum absolute atomic E-state index is 2.49. The molecule has 1 nitrogen and oxygen atoms in total. The van der Waals surface area contributed by atoms with E-state index < -0.39 is 0 Å². The summed E-state index contributed by atoms with van der Waals surface area (Å²) >= 11 is 2.01. The summed E-state index contributed by atoms with van der Waals surface area (Å²) in [7, 11) is 0. The Hall–Kier alpha value is -5.44. The van der Waals surface area contributed by atoms with Crippen molar-refractivity contribution in [2.24, 2.45) is 0 Å². The number of benzene rings is 7. The molecule has 1 aliphatic rings. The van der Waals surface area contributed by atoms with E-state index in [9.17, 15) is 0 Å². The Labute approximate surface area is 330 Å². The largest absolute Gasteiger partial charge is 0.310 e. The Bertz CT molecular complexity index is 2620. The molecule has 0 N–H and O–H groups in total. The first kappa shape index (κ1) is 35.3. The summed E-state index contributed by atoms with van der Waals surface area (Å²) in [6.45, 7) is 19.0. The van der Waals surface area contributed by atoms with Crippen LogP contribution in [0.5, 0.6) is 0 Å². The Morgan fingerprint density at radius 2 is 1.04 bits per heavy atom. The molecule has 0 saturated heterocycles. The standard InChI is InChI=1S/C53H49NS/c1-51(2,3)38-32-43-41-30-31-42-47-44(53(7,8)48(42)50(41)55-49(43)45(33-38)52(4,5)6)20-15-21-46(47)54(39-26-22-36(23-27-39)34-16-11-9-12-17-34)40-28-24-37(25-29-40)35-18-13-10-14-19-35/h9-33H,1-8H3. The van der Waals surface area contributed by atoms with Crippen molar-refractivity contribution in [3.63, 3.8) is 0 Å². The van der Waals surface area contributed by atoms with Crippen LogP contribution in [0.3, 0.4) is 0 Å². The number of hydrogen-bond acceptors (Lipinski definition) is 2. The van der Waals surface area contributed by atoms with Crippen LogP contribution in [-0.4, -0.2) is 0 Å². The number of fused-ring (bicyclic) bond motifs is 7. The number of thiophene rings is 1. The molecule has 0 spiro atoms. The summed E-state index contributed by atoms with van der Waals surface area (Å²) in [5.41, 5.74) is 16.6. The second-order valence-corrected chi connectivity index (χ2v) is 18.9. The van der Waals surface area contributed by atoms with Gasteiger partial charge in [0.2, 0.25) is 0 Å². The van der Waals surface area contributed by atoms with Gasteiger partial charge >= 0.3 is 0 Å². The topological polar surface area (TPSA) is 3.24 Å². The highest BCUT2D eigenvalue weighted by atomic mass is 32.1. The van der Waals surface area contributed by atoms with Crippen LogP contribution in [0.1, 0.15) is 77.6 Å². The average Bonchev–Trinajstić information content (AvgIpc) is 3.67. The van der Waals surface area contributed by atoms with Gasteiger partial charge in [0, 0.05) is 42.5 Å². The van der Waals surface area contributed by atoms with Crippen LogP contribution < -0.4 is 4.90 Å². The monoisotopic (exact) mass is 731 g/mol. The molecule has 55 heavy (non-hydrogen) atoms. The predicted molar refractivity (Wildman–Crippen MR) is 240 cm³/mol. The van der Waals surface area contributed by atoms with Gasteiger partial charge in [-0.25, -0.2) is 0 Å². The SMILES string of the molecule is CC(C)(C)c1cc(C(C)(C)C)c2sc3c4c(ccc3c2c1)-c1c(N(c2ccc(-c3ccccc3)cc2)c2ccc(-c3ccccc3)cc2)cccc1C4(C)C. The lowest BCUT2D eigenvalue weighted by molar-refractivity contribution is 0.573. The fourth-order valence-electron chi connectivity index (χ4n) is 8.72. The number of nitrogens with zero attached hydrogens (tertiary/aromatic N) is 1. The van der Waals surface area contributed by atoms with E-state index in [4.69, 9.17) is 0 Å². The molecular formula is C53H49NS. The van der Waals surface area contributed by atoms with Crippen molar-refractivity contribution in [1.82, 2.24) is 0 Å². The first-order chi connectivity index (χ1) is 26.3. The number of hydrogen-bond donors (Lipinski definition) is 0. The number of anilines is 3. The summed E-state index contributed by atoms with van der Waals surface area (Å²) in [5, 5.41) is 2.77. The zero-order valence-electron chi connectivity index (χ0n) is 33.3. The first-order valence-corrected chi connectivity index (χ1v) is 20.4. The van der Waals surface area contributed by atoms with Crippen molar-refractivity contribution < 1.29 is 0 Å². The fraction of sp³-hybridized carbons (Fsp3) is 0.208. The molecule has 0 aliphatic heterocycles. The highest BCUT2D eigenvalue weighted by Gasteiger charge is 2.40. The van der Waals surface area contributed by atoms with Crippen molar-refractivity contribution in [2.75, 3.05) is 4.90 Å². The van der Waals surface area contributed by atoms with Crippen molar-refractivity contribution >= 4 is 48.6 Å². The van der Waals surface area contributed by atoms with Crippen molar-refractivity contribution in [3.05, 3.63) is 174 Å². The zero-order valence-corrected chi connectivity index (χ0v) is 34.1. The molecule has 0 atom stereocenters. The lowest BCUT2D eigenvalue weighted by Crippen LogP contribution is -2.16. The van der Waals surface area contributed by atoms with E-state index in [1.54, 1.807) is 0 Å². The van der Waals surface area contributed by atoms with Gasteiger partial charge in [0.05, 0.1) is 5.69 Å². The lowest BCUT2D eigenvalue weighted by Gasteiger charge is -2.29. The van der Waals surface area contributed by atoms with Gasteiger partial charge < -0.3 is 4.90 Å². The molecule has 0 fully saturated rings. The van der Waals surface area contributed by atoms with Crippen LogP contribution in [0.2, 0.25) is 0 Å². The Kier molecular flexibility index (Phi) is 8.22. The maximum Gasteiger partial charge on any atom is 0.0543 e. The van der Waals surface area contributed by atoms with E-state index in [2.05, 4.69) is 212 Å². The van der Waals surface area contributed by atoms with E-state index in [-0.39, 0.29) is 16.2 Å². The fourth-order valence-corrected chi connectivity index (χ4v) is 10.4. The minimum Gasteiger partial charge on any atom is -0.310 e. The molecular weight excluding hydrogens is 683 g/mol. The Balaban J connectivity index is 1.26. The van der Waals surface area contributed by atoms with Crippen LogP contribution in [0.25, 0.3) is 53.6 Å². The van der Waals surface area contributed by atoms with Crippen LogP contribution in [0, 0.1) is 0 Å². The van der Waals surface area contributed by atoms with Crippen molar-refractivity contribution in [2.45, 2.75) is 71.6 Å². The minimum atomic E-state index is -0.185. The third-order valence-electron chi connectivity index (χ3n) is 11.7. The zero-order chi connectivity index (χ0) is 38.3. The van der Waals surface area contributed by atoms with Gasteiger partial charge in [-0.05, 0) is 97.3 Å². The minimum absolute atomic E-state index is 0.0296. The third-order valence-corrected chi connectivity index (χ3v) is 13.0. The van der Waals surface area contributed by atoms with Gasteiger partial charge in [-0.1, -0.05) is 171 Å². The molecule has 7 aromatic carbocycles. The second-order valence-electron chi connectivity index (χ2n) is 17.9. The van der Waals surface area contributed by atoms with Gasteiger partial charge in [0.1, 0.15) is 0 Å². The molecule has 0 amide bonds. The summed E-state index contributed by atoms with van der Waals surface area (Å²) in [6, 6.07) is 56.2. The molecule has 9 rings (SSSR count). The van der Waals surface area contributed by atoms with Gasteiger partial charge in [-0.15, -0.1) is 11.3 Å². The molecule has 1 aromatic heterocycles. The quantitative estimate of drug-likeness (QED) is 0.170. The maximum atomic E-state index is 2.49. The second kappa shape index (κ2) is 12.8. The van der Waals surface area contributed by atoms with Crippen molar-refractivity contribution in [1.29, 1.82) is 0 Å². The molecule has 2 heteroatoms. The molecule has 272 valence electrons. The summed E-state index contributed by atoms with van der Waals surface area (Å²) in [4.78, 5) is 2.47.